The molecule has 1 unspecified atom stereocenters. The fraction of sp³-hybridized carbons (Fsp3) is 0.600. The van der Waals surface area contributed by atoms with Crippen molar-refractivity contribution in [2.45, 2.75) is 43.7 Å². The Balaban J connectivity index is 2.26. The van der Waals surface area contributed by atoms with Gasteiger partial charge in [-0.05, 0) is 57.1 Å². The Morgan fingerprint density at radius 2 is 1.95 bits per heavy atom. The van der Waals surface area contributed by atoms with Crippen molar-refractivity contribution in [3.8, 4) is 0 Å². The van der Waals surface area contributed by atoms with Crippen LogP contribution in [0.1, 0.15) is 31.2 Å². The summed E-state index contributed by atoms with van der Waals surface area (Å²) in [4.78, 5) is 2.17. The van der Waals surface area contributed by atoms with E-state index in [1.54, 1.807) is 0 Å². The third kappa shape index (κ3) is 2.85. The van der Waals surface area contributed by atoms with Crippen molar-refractivity contribution in [2.24, 2.45) is 5.84 Å². The minimum atomic E-state index is -0.414. The maximum Gasteiger partial charge on any atom is 0.126 e. The first kappa shape index (κ1) is 15.4. The van der Waals surface area contributed by atoms with Crippen molar-refractivity contribution in [1.82, 2.24) is 10.3 Å². The average Bonchev–Trinajstić information content (AvgIpc) is 2.90. The zero-order valence-corrected chi connectivity index (χ0v) is 12.1. The molecule has 0 saturated heterocycles. The predicted octanol–water partition coefficient (Wildman–Crippen LogP) is 2.21. The minimum Gasteiger partial charge on any atom is -0.302 e. The Morgan fingerprint density at radius 1 is 1.30 bits per heavy atom. The van der Waals surface area contributed by atoms with E-state index in [0.717, 1.165) is 31.7 Å². The molecule has 0 amide bonds. The van der Waals surface area contributed by atoms with Crippen molar-refractivity contribution < 1.29 is 8.78 Å². The average molecular weight is 283 g/mol. The third-order valence-corrected chi connectivity index (χ3v) is 4.64. The summed E-state index contributed by atoms with van der Waals surface area (Å²) in [5.41, 5.74) is 3.12. The molecule has 0 aliphatic heterocycles. The summed E-state index contributed by atoms with van der Waals surface area (Å²) in [6, 6.07) is 3.48. The topological polar surface area (TPSA) is 41.3 Å². The lowest BCUT2D eigenvalue weighted by atomic mass is 9.83. The fourth-order valence-corrected chi connectivity index (χ4v) is 3.42. The second kappa shape index (κ2) is 6.16. The van der Waals surface area contributed by atoms with Crippen LogP contribution in [0.5, 0.6) is 0 Å². The number of hydrogen-bond acceptors (Lipinski definition) is 3. The summed E-state index contributed by atoms with van der Waals surface area (Å²) in [5, 5.41) is 0. The van der Waals surface area contributed by atoms with Crippen LogP contribution in [0, 0.1) is 11.6 Å². The lowest BCUT2D eigenvalue weighted by molar-refractivity contribution is 0.104. The summed E-state index contributed by atoms with van der Waals surface area (Å²) in [6.07, 6.45) is 4.71. The summed E-state index contributed by atoms with van der Waals surface area (Å²) < 4.78 is 27.1. The van der Waals surface area contributed by atoms with E-state index in [-0.39, 0.29) is 17.4 Å². The first-order chi connectivity index (χ1) is 9.49. The maximum atomic E-state index is 13.8. The Bertz CT molecular complexity index is 456. The number of nitrogens with zero attached hydrogens (tertiary/aromatic N) is 1. The van der Waals surface area contributed by atoms with E-state index in [0.29, 0.717) is 12.0 Å². The molecule has 0 heterocycles. The van der Waals surface area contributed by atoms with Crippen LogP contribution < -0.4 is 11.3 Å². The van der Waals surface area contributed by atoms with Gasteiger partial charge in [-0.15, -0.1) is 0 Å². The molecule has 1 aliphatic rings. The summed E-state index contributed by atoms with van der Waals surface area (Å²) in [6.45, 7) is 0. The highest BCUT2D eigenvalue weighted by Crippen LogP contribution is 2.37. The molecule has 3 nitrogen and oxygen atoms in total. The predicted molar refractivity (Wildman–Crippen MR) is 76.1 cm³/mol. The first-order valence-electron chi connectivity index (χ1n) is 7.07. The second-order valence-corrected chi connectivity index (χ2v) is 5.86. The van der Waals surface area contributed by atoms with E-state index in [1.165, 1.54) is 12.1 Å². The molecule has 1 saturated carbocycles. The highest BCUT2D eigenvalue weighted by atomic mass is 19.1. The van der Waals surface area contributed by atoms with E-state index >= 15 is 0 Å². The van der Waals surface area contributed by atoms with Crippen LogP contribution in [0.2, 0.25) is 0 Å². The first-order valence-corrected chi connectivity index (χ1v) is 7.07. The normalized spacial score (nSPS) is 19.5. The van der Waals surface area contributed by atoms with Gasteiger partial charge in [-0.25, -0.2) is 8.78 Å². The summed E-state index contributed by atoms with van der Waals surface area (Å²) in [7, 11) is 4.05. The molecular formula is C15H23F2N3. The zero-order chi connectivity index (χ0) is 14.8. The van der Waals surface area contributed by atoms with Gasteiger partial charge in [0, 0.05) is 11.6 Å². The largest absolute Gasteiger partial charge is 0.302 e. The molecule has 0 aromatic heterocycles. The fourth-order valence-electron chi connectivity index (χ4n) is 3.42. The van der Waals surface area contributed by atoms with Gasteiger partial charge in [0.25, 0.3) is 0 Å². The minimum absolute atomic E-state index is 0.0898. The van der Waals surface area contributed by atoms with E-state index in [9.17, 15) is 8.78 Å². The molecule has 1 aromatic rings. The second-order valence-electron chi connectivity index (χ2n) is 5.86. The van der Waals surface area contributed by atoms with Crippen LogP contribution in [-0.2, 0) is 6.42 Å². The van der Waals surface area contributed by atoms with Crippen molar-refractivity contribution in [3.63, 3.8) is 0 Å². The van der Waals surface area contributed by atoms with Crippen molar-refractivity contribution >= 4 is 0 Å². The van der Waals surface area contributed by atoms with Crippen LogP contribution in [-0.4, -0.2) is 30.6 Å². The van der Waals surface area contributed by atoms with Crippen molar-refractivity contribution in [3.05, 3.63) is 35.4 Å². The number of likely N-dealkylation sites (N-methyl/N-ethyl adjacent to an activating group) is 1. The van der Waals surface area contributed by atoms with Crippen LogP contribution in [0.3, 0.4) is 0 Å². The molecule has 20 heavy (non-hydrogen) atoms. The number of nitrogens with two attached hydrogens (primary N) is 1. The molecule has 112 valence electrons. The van der Waals surface area contributed by atoms with E-state index in [2.05, 4.69) is 10.3 Å². The van der Waals surface area contributed by atoms with Crippen molar-refractivity contribution in [1.29, 1.82) is 0 Å². The van der Waals surface area contributed by atoms with E-state index in [4.69, 9.17) is 5.84 Å². The van der Waals surface area contributed by atoms with Crippen molar-refractivity contribution in [2.75, 3.05) is 14.1 Å². The monoisotopic (exact) mass is 283 g/mol. The van der Waals surface area contributed by atoms with E-state index < -0.39 is 5.82 Å². The van der Waals surface area contributed by atoms with Crippen LogP contribution in [0.4, 0.5) is 8.78 Å². The number of hydrogen-bond donors (Lipinski definition) is 2. The summed E-state index contributed by atoms with van der Waals surface area (Å²) in [5.74, 6) is 4.93. The molecular weight excluding hydrogens is 260 g/mol. The Kier molecular flexibility index (Phi) is 4.73. The van der Waals surface area contributed by atoms with Gasteiger partial charge in [-0.3, -0.25) is 11.3 Å². The molecule has 1 aliphatic carbocycles. The number of benzene rings is 1. The number of halogens is 2. The van der Waals surface area contributed by atoms with Gasteiger partial charge in [0.2, 0.25) is 0 Å². The summed E-state index contributed by atoms with van der Waals surface area (Å²) >= 11 is 0. The lowest BCUT2D eigenvalue weighted by Gasteiger charge is -2.43. The molecule has 0 radical (unpaired) electrons. The Labute approximate surface area is 119 Å². The van der Waals surface area contributed by atoms with Gasteiger partial charge >= 0.3 is 0 Å². The highest BCUT2D eigenvalue weighted by Gasteiger charge is 2.42. The number of nitrogens with one attached hydrogen (secondary N) is 1. The molecule has 1 aromatic carbocycles. The number of rotatable bonds is 5. The smallest absolute Gasteiger partial charge is 0.126 e. The van der Waals surface area contributed by atoms with Gasteiger partial charge in [0.15, 0.2) is 0 Å². The Morgan fingerprint density at radius 3 is 2.50 bits per heavy atom. The van der Waals surface area contributed by atoms with Crippen LogP contribution >= 0.6 is 0 Å². The Hall–Kier alpha value is -1.04. The standard InChI is InChI=1S/C15H23F2N3/c1-20(2)15(7-3-4-8-15)14(19-18)10-11-9-12(16)5-6-13(11)17/h5-6,9,14,19H,3-4,7-8,10,18H2,1-2H3. The van der Waals surface area contributed by atoms with E-state index in [1.807, 2.05) is 14.1 Å². The van der Waals surface area contributed by atoms with Crippen LogP contribution in [0.25, 0.3) is 0 Å². The zero-order valence-electron chi connectivity index (χ0n) is 12.1. The van der Waals surface area contributed by atoms with Gasteiger partial charge in [-0.2, -0.15) is 0 Å². The molecule has 5 heteroatoms. The van der Waals surface area contributed by atoms with Crippen LogP contribution in [0.15, 0.2) is 18.2 Å². The molecule has 1 fully saturated rings. The molecule has 0 spiro atoms. The lowest BCUT2D eigenvalue weighted by Crippen LogP contribution is -2.60. The highest BCUT2D eigenvalue weighted by molar-refractivity contribution is 5.21. The van der Waals surface area contributed by atoms with Gasteiger partial charge < -0.3 is 4.90 Å². The molecule has 2 rings (SSSR count). The molecule has 1 atom stereocenters. The SMILES string of the molecule is CN(C)C1(C(Cc2cc(F)ccc2F)NN)CCCC1. The van der Waals surface area contributed by atoms with Gasteiger partial charge in [0.05, 0.1) is 0 Å². The van der Waals surface area contributed by atoms with Gasteiger partial charge in [-0.1, -0.05) is 12.8 Å². The molecule has 0 bridgehead atoms. The number of hydrazine groups is 1. The third-order valence-electron chi connectivity index (χ3n) is 4.64. The quantitative estimate of drug-likeness (QED) is 0.643. The van der Waals surface area contributed by atoms with Gasteiger partial charge in [0.1, 0.15) is 11.6 Å². The molecule has 3 N–H and O–H groups in total. The maximum absolute atomic E-state index is 13.8.